The summed E-state index contributed by atoms with van der Waals surface area (Å²) < 4.78 is 38.0. The first kappa shape index (κ1) is 14.4. The summed E-state index contributed by atoms with van der Waals surface area (Å²) in [5, 5.41) is 2.68. The smallest absolute Gasteiger partial charge is 0.326 e. The van der Waals surface area contributed by atoms with E-state index in [-0.39, 0.29) is 12.3 Å². The minimum atomic E-state index is -4.30. The van der Waals surface area contributed by atoms with Crippen molar-refractivity contribution in [2.45, 2.75) is 25.9 Å². The Bertz CT molecular complexity index is 574. The van der Waals surface area contributed by atoms with Crippen molar-refractivity contribution in [2.75, 3.05) is 0 Å². The number of hydrogen-bond donors (Lipinski definition) is 1. The van der Waals surface area contributed by atoms with Gasteiger partial charge < -0.3 is 5.32 Å². The van der Waals surface area contributed by atoms with E-state index in [4.69, 9.17) is 0 Å². The molecule has 2 nitrogen and oxygen atoms in total. The van der Waals surface area contributed by atoms with Crippen molar-refractivity contribution in [3.63, 3.8) is 0 Å². The van der Waals surface area contributed by atoms with Crippen molar-refractivity contribution in [3.8, 4) is 0 Å². The van der Waals surface area contributed by atoms with Crippen molar-refractivity contribution in [2.24, 2.45) is 0 Å². The largest absolute Gasteiger partial charge is 0.413 e. The number of fused-ring (bicyclic) bond motifs is 1. The van der Waals surface area contributed by atoms with Crippen LogP contribution in [0.1, 0.15) is 19.8 Å². The molecule has 0 aromatic heterocycles. The average molecular weight is 281 g/mol. The molecule has 1 amide bonds. The van der Waals surface area contributed by atoms with E-state index in [9.17, 15) is 18.0 Å². The molecule has 1 N–H and O–H groups in total. The average Bonchev–Trinajstić information content (AvgIpc) is 2.60. The van der Waals surface area contributed by atoms with Crippen LogP contribution in [0.2, 0.25) is 0 Å². The third-order valence-corrected chi connectivity index (χ3v) is 3.09. The first-order chi connectivity index (χ1) is 9.40. The van der Waals surface area contributed by atoms with Crippen molar-refractivity contribution in [1.82, 2.24) is 5.32 Å². The molecule has 0 atom stereocenters. The molecule has 0 heterocycles. The molecule has 0 unspecified atom stereocenters. The molecule has 0 saturated heterocycles. The maximum atomic E-state index is 12.7. The molecule has 0 bridgehead atoms. The molecule has 5 heteroatoms. The second kappa shape index (κ2) is 5.53. The summed E-state index contributed by atoms with van der Waals surface area (Å²) in [4.78, 5) is 11.3. The van der Waals surface area contributed by atoms with Gasteiger partial charge in [-0.2, -0.15) is 13.2 Å². The molecule has 2 aliphatic rings. The summed E-state index contributed by atoms with van der Waals surface area (Å²) in [6.45, 7) is 1.73. The second-order valence-corrected chi connectivity index (χ2v) is 4.54. The highest BCUT2D eigenvalue weighted by Gasteiger charge is 2.34. The van der Waals surface area contributed by atoms with Gasteiger partial charge in [-0.3, -0.25) is 4.79 Å². The Balaban J connectivity index is 2.22. The van der Waals surface area contributed by atoms with Crippen LogP contribution < -0.4 is 5.32 Å². The molecule has 2 aliphatic carbocycles. The van der Waals surface area contributed by atoms with Crippen LogP contribution in [-0.2, 0) is 4.79 Å². The van der Waals surface area contributed by atoms with Crippen molar-refractivity contribution in [3.05, 3.63) is 58.9 Å². The molecule has 0 saturated carbocycles. The second-order valence-electron chi connectivity index (χ2n) is 4.54. The maximum absolute atomic E-state index is 12.7. The van der Waals surface area contributed by atoms with Crippen LogP contribution in [0.5, 0.6) is 0 Å². The molecule has 0 aromatic rings. The zero-order valence-corrected chi connectivity index (χ0v) is 10.9. The van der Waals surface area contributed by atoms with Crippen LogP contribution in [0, 0.1) is 0 Å². The van der Waals surface area contributed by atoms with Gasteiger partial charge >= 0.3 is 6.18 Å². The summed E-state index contributed by atoms with van der Waals surface area (Å²) in [5.41, 5.74) is 1.34. The van der Waals surface area contributed by atoms with E-state index in [0.717, 1.165) is 11.6 Å². The van der Waals surface area contributed by atoms with Gasteiger partial charge in [0.25, 0.3) is 0 Å². The molecule has 0 fully saturated rings. The quantitative estimate of drug-likeness (QED) is 0.821. The Morgan fingerprint density at radius 2 is 1.95 bits per heavy atom. The molecular formula is C15H14F3NO. The molecule has 2 rings (SSSR count). The summed E-state index contributed by atoms with van der Waals surface area (Å²) in [7, 11) is 0. The number of hydrogen-bond acceptors (Lipinski definition) is 1. The first-order valence-corrected chi connectivity index (χ1v) is 6.27. The van der Waals surface area contributed by atoms with Gasteiger partial charge in [-0.05, 0) is 23.3 Å². The van der Waals surface area contributed by atoms with Crippen LogP contribution >= 0.6 is 0 Å². The third kappa shape index (κ3) is 3.29. The fourth-order valence-electron chi connectivity index (χ4n) is 1.93. The van der Waals surface area contributed by atoms with Gasteiger partial charge in [-0.1, -0.05) is 31.2 Å². The highest BCUT2D eigenvalue weighted by molar-refractivity contribution is 5.78. The lowest BCUT2D eigenvalue weighted by Gasteiger charge is -2.17. The zero-order valence-electron chi connectivity index (χ0n) is 10.9. The van der Waals surface area contributed by atoms with Gasteiger partial charge in [-0.15, -0.1) is 0 Å². The van der Waals surface area contributed by atoms with Gasteiger partial charge in [0.2, 0.25) is 5.91 Å². The van der Waals surface area contributed by atoms with E-state index in [2.05, 4.69) is 5.32 Å². The fourth-order valence-corrected chi connectivity index (χ4v) is 1.93. The van der Waals surface area contributed by atoms with E-state index >= 15 is 0 Å². The lowest BCUT2D eigenvalue weighted by molar-refractivity contribution is -0.120. The van der Waals surface area contributed by atoms with Crippen LogP contribution in [0.25, 0.3) is 0 Å². The topological polar surface area (TPSA) is 29.1 Å². The molecule has 0 aliphatic heterocycles. The minimum absolute atomic E-state index is 0.132. The monoisotopic (exact) mass is 281 g/mol. The zero-order chi connectivity index (χ0) is 14.8. The van der Waals surface area contributed by atoms with Gasteiger partial charge in [0.05, 0.1) is 0 Å². The highest BCUT2D eigenvalue weighted by atomic mass is 19.4. The van der Waals surface area contributed by atoms with Gasteiger partial charge in [0.1, 0.15) is 0 Å². The van der Waals surface area contributed by atoms with Crippen molar-refractivity contribution in [1.29, 1.82) is 0 Å². The predicted molar refractivity (Wildman–Crippen MR) is 70.6 cm³/mol. The minimum Gasteiger partial charge on any atom is -0.326 e. The fraction of sp³-hybridized carbons (Fsp3) is 0.267. The number of allylic oxidation sites excluding steroid dienone is 9. The molecular weight excluding hydrogens is 267 g/mol. The van der Waals surface area contributed by atoms with Crippen molar-refractivity contribution < 1.29 is 18.0 Å². The van der Waals surface area contributed by atoms with E-state index in [1.54, 1.807) is 31.2 Å². The highest BCUT2D eigenvalue weighted by Crippen LogP contribution is 2.36. The number of amides is 1. The SMILES string of the molecule is CCC(=O)NC1=CC=C2CC(C(F)(F)F)=CC=C2C=C1. The lowest BCUT2D eigenvalue weighted by Crippen LogP contribution is -2.20. The summed E-state index contributed by atoms with van der Waals surface area (Å²) in [5.74, 6) is -0.132. The molecule has 0 spiro atoms. The lowest BCUT2D eigenvalue weighted by atomic mass is 9.92. The number of nitrogens with one attached hydrogen (secondary N) is 1. The van der Waals surface area contributed by atoms with E-state index in [0.29, 0.717) is 17.7 Å². The van der Waals surface area contributed by atoms with Crippen LogP contribution in [0.3, 0.4) is 0 Å². The summed E-state index contributed by atoms with van der Waals surface area (Å²) >= 11 is 0. The number of alkyl halides is 3. The van der Waals surface area contributed by atoms with Crippen molar-refractivity contribution >= 4 is 5.91 Å². The molecule has 20 heavy (non-hydrogen) atoms. The van der Waals surface area contributed by atoms with Crippen LogP contribution in [-0.4, -0.2) is 12.1 Å². The number of carbonyl (C=O) groups excluding carboxylic acids is 1. The first-order valence-electron chi connectivity index (χ1n) is 6.27. The van der Waals surface area contributed by atoms with E-state index < -0.39 is 11.7 Å². The maximum Gasteiger partial charge on any atom is 0.413 e. The summed E-state index contributed by atoms with van der Waals surface area (Å²) in [6.07, 6.45) is 5.10. The predicted octanol–water partition coefficient (Wildman–Crippen LogP) is 3.71. The number of carbonyl (C=O) groups is 1. The number of halogens is 3. The van der Waals surface area contributed by atoms with E-state index in [1.165, 1.54) is 6.08 Å². The Labute approximate surface area is 115 Å². The third-order valence-electron chi connectivity index (χ3n) is 3.09. The Hall–Kier alpha value is -2.04. The van der Waals surface area contributed by atoms with Gasteiger partial charge in [0.15, 0.2) is 0 Å². The van der Waals surface area contributed by atoms with E-state index in [1.807, 2.05) is 0 Å². The Kier molecular flexibility index (Phi) is 3.97. The summed E-state index contributed by atoms with van der Waals surface area (Å²) in [6, 6.07) is 0. The Morgan fingerprint density at radius 1 is 1.20 bits per heavy atom. The Morgan fingerprint density at radius 3 is 2.60 bits per heavy atom. The molecule has 0 aromatic carbocycles. The van der Waals surface area contributed by atoms with Crippen LogP contribution in [0.15, 0.2) is 58.9 Å². The van der Waals surface area contributed by atoms with Gasteiger partial charge in [0, 0.05) is 24.1 Å². The molecule has 0 radical (unpaired) electrons. The standard InChI is InChI=1S/C15H14F3NO/c1-2-14(20)19-13-7-4-10-3-6-12(15(16,17)18)9-11(10)5-8-13/h3-8H,2,9H2,1H3,(H,19,20). The van der Waals surface area contributed by atoms with Gasteiger partial charge in [-0.25, -0.2) is 0 Å². The van der Waals surface area contributed by atoms with Crippen LogP contribution in [0.4, 0.5) is 13.2 Å². The number of rotatable bonds is 2. The normalized spacial score (nSPS) is 18.2. The molecule has 106 valence electrons.